The van der Waals surface area contributed by atoms with Gasteiger partial charge in [0.2, 0.25) is 11.5 Å². The Morgan fingerprint density at radius 2 is 1.56 bits per heavy atom. The topological polar surface area (TPSA) is 119 Å². The van der Waals surface area contributed by atoms with Crippen molar-refractivity contribution in [3.05, 3.63) is 103 Å². The van der Waals surface area contributed by atoms with E-state index in [0.29, 0.717) is 40.5 Å². The van der Waals surface area contributed by atoms with Gasteiger partial charge in [-0.1, -0.05) is 19.9 Å². The number of carbonyl (C=O) groups is 1. The van der Waals surface area contributed by atoms with E-state index >= 15 is 0 Å². The van der Waals surface area contributed by atoms with Gasteiger partial charge >= 0.3 is 0 Å². The second-order valence-electron chi connectivity index (χ2n) is 12.7. The molecule has 0 fully saturated rings. The number of rotatable bonds is 8. The molecule has 2 heterocycles. The van der Waals surface area contributed by atoms with Gasteiger partial charge in [0.25, 0.3) is 11.4 Å². The van der Waals surface area contributed by atoms with Crippen LogP contribution in [0.4, 0.5) is 22.7 Å². The van der Waals surface area contributed by atoms with Crippen LogP contribution in [0.1, 0.15) is 59.1 Å². The maximum Gasteiger partial charge on any atom is 0.280 e. The minimum atomic E-state index is -0.745. The molecule has 10 nitrogen and oxygen atoms in total. The van der Waals surface area contributed by atoms with Crippen LogP contribution < -0.4 is 4.90 Å². The standard InChI is InChI=1S/C33H37N4O6/c1-19(2)15-16-35-23-12-10-14-25(37(41)42)29(23)33(5,6)27(35)18-21-30(38)20(31(21)43-8)17-26-32(3,4)28-22(34(26)7)11-9-13-24(28)36(39)40/h9-14,17-19H,15-16H2,1-8H3/q+1. The molecule has 0 saturated carbocycles. The van der Waals surface area contributed by atoms with E-state index in [2.05, 4.69) is 18.4 Å². The number of likely N-dealkylation sites (N-methyl/N-ethyl adjacent to an activating group) is 1. The largest absolute Gasteiger partial charge is 0.495 e. The van der Waals surface area contributed by atoms with Crippen molar-refractivity contribution < 1.29 is 24.0 Å². The lowest BCUT2D eigenvalue weighted by molar-refractivity contribution is -0.440. The van der Waals surface area contributed by atoms with Crippen LogP contribution in [0.15, 0.2) is 71.2 Å². The molecule has 224 valence electrons. The fraction of sp³-hybridized carbons (Fsp3) is 0.394. The molecular formula is C33H37N4O6+. The molecule has 0 spiro atoms. The maximum atomic E-state index is 13.8. The molecule has 1 aliphatic carbocycles. The Labute approximate surface area is 251 Å². The number of Topliss-reactive ketones (excluding diaryl/α,β-unsaturated/α-hetero) is 1. The average molecular weight is 586 g/mol. The Balaban J connectivity index is 1.64. The second-order valence-corrected chi connectivity index (χ2v) is 12.7. The van der Waals surface area contributed by atoms with E-state index in [1.54, 1.807) is 18.2 Å². The summed E-state index contributed by atoms with van der Waals surface area (Å²) in [4.78, 5) is 38.8. The highest BCUT2D eigenvalue weighted by molar-refractivity contribution is 6.24. The number of benzene rings is 2. The van der Waals surface area contributed by atoms with Gasteiger partial charge in [-0.25, -0.2) is 0 Å². The lowest BCUT2D eigenvalue weighted by atomic mass is 9.77. The number of nitrogens with zero attached hydrogens (tertiary/aromatic N) is 4. The number of hydrogen-bond acceptors (Lipinski definition) is 7. The summed E-state index contributed by atoms with van der Waals surface area (Å²) in [5, 5.41) is 23.9. The number of hydrogen-bond donors (Lipinski definition) is 0. The van der Waals surface area contributed by atoms with Gasteiger partial charge in [-0.3, -0.25) is 25.0 Å². The second kappa shape index (κ2) is 10.3. The van der Waals surface area contributed by atoms with Crippen LogP contribution in [-0.4, -0.2) is 46.6 Å². The molecule has 0 atom stereocenters. The third-order valence-electron chi connectivity index (χ3n) is 8.94. The van der Waals surface area contributed by atoms with E-state index in [0.717, 1.165) is 29.2 Å². The third kappa shape index (κ3) is 4.47. The summed E-state index contributed by atoms with van der Waals surface area (Å²) in [5.74, 6) is 0.616. The molecule has 0 bridgehead atoms. The molecule has 43 heavy (non-hydrogen) atoms. The number of ketones is 1. The van der Waals surface area contributed by atoms with E-state index in [1.165, 1.54) is 19.2 Å². The number of allylic oxidation sites excluding steroid dienone is 5. The van der Waals surface area contributed by atoms with Crippen LogP contribution in [-0.2, 0) is 20.4 Å². The van der Waals surface area contributed by atoms with E-state index in [9.17, 15) is 25.0 Å². The van der Waals surface area contributed by atoms with Gasteiger partial charge in [0.15, 0.2) is 5.71 Å². The lowest BCUT2D eigenvalue weighted by Crippen LogP contribution is -2.32. The molecule has 0 aromatic heterocycles. The summed E-state index contributed by atoms with van der Waals surface area (Å²) in [6, 6.07) is 10.1. The number of nitro benzene ring substituents is 2. The first-order valence-electron chi connectivity index (χ1n) is 14.4. The van der Waals surface area contributed by atoms with Gasteiger partial charge in [0.05, 0.1) is 44.8 Å². The van der Waals surface area contributed by atoms with Crippen molar-refractivity contribution in [3.63, 3.8) is 0 Å². The maximum absolute atomic E-state index is 13.8. The summed E-state index contributed by atoms with van der Waals surface area (Å²) >= 11 is 0. The first-order chi connectivity index (χ1) is 20.1. The number of ether oxygens (including phenoxy) is 1. The van der Waals surface area contributed by atoms with Crippen LogP contribution in [0.2, 0.25) is 0 Å². The Morgan fingerprint density at radius 1 is 0.953 bits per heavy atom. The highest BCUT2D eigenvalue weighted by Gasteiger charge is 2.51. The molecule has 2 aromatic carbocycles. The van der Waals surface area contributed by atoms with E-state index in [4.69, 9.17) is 4.74 Å². The Kier molecular flexibility index (Phi) is 7.15. The van der Waals surface area contributed by atoms with Gasteiger partial charge in [0, 0.05) is 48.9 Å². The molecule has 10 heteroatoms. The lowest BCUT2D eigenvalue weighted by Gasteiger charge is -2.28. The molecule has 0 radical (unpaired) electrons. The molecule has 3 aliphatic rings. The first-order valence-corrected chi connectivity index (χ1v) is 14.4. The zero-order chi connectivity index (χ0) is 31.6. The van der Waals surface area contributed by atoms with Gasteiger partial charge in [-0.15, -0.1) is 0 Å². The van der Waals surface area contributed by atoms with Crippen molar-refractivity contribution in [3.8, 4) is 0 Å². The number of nitro groups is 2. The normalized spacial score (nSPS) is 20.2. The third-order valence-corrected chi connectivity index (χ3v) is 8.94. The minimum absolute atomic E-state index is 0.0363. The number of carbonyl (C=O) groups excluding carboxylic acids is 1. The van der Waals surface area contributed by atoms with E-state index < -0.39 is 10.8 Å². The van der Waals surface area contributed by atoms with Crippen LogP contribution >= 0.6 is 0 Å². The molecular weight excluding hydrogens is 548 g/mol. The Bertz CT molecular complexity index is 1720. The summed E-state index contributed by atoms with van der Waals surface area (Å²) in [7, 11) is 3.35. The highest BCUT2D eigenvalue weighted by atomic mass is 16.6. The highest BCUT2D eigenvalue weighted by Crippen LogP contribution is 2.52. The van der Waals surface area contributed by atoms with Crippen molar-refractivity contribution in [2.75, 3.05) is 25.6 Å². The predicted molar refractivity (Wildman–Crippen MR) is 165 cm³/mol. The summed E-state index contributed by atoms with van der Waals surface area (Å²) in [6.45, 7) is 12.6. The smallest absolute Gasteiger partial charge is 0.280 e. The van der Waals surface area contributed by atoms with Gasteiger partial charge < -0.3 is 9.64 Å². The van der Waals surface area contributed by atoms with Crippen LogP contribution in [0.3, 0.4) is 0 Å². The van der Waals surface area contributed by atoms with Gasteiger partial charge in [0.1, 0.15) is 17.9 Å². The number of fused-ring (bicyclic) bond motifs is 2. The number of methoxy groups -OCH3 is 1. The first kappa shape index (κ1) is 29.9. The van der Waals surface area contributed by atoms with Crippen molar-refractivity contribution in [1.82, 2.24) is 0 Å². The van der Waals surface area contributed by atoms with E-state index in [-0.39, 0.29) is 27.0 Å². The van der Waals surface area contributed by atoms with Crippen LogP contribution in [0.5, 0.6) is 0 Å². The molecule has 0 N–H and O–H groups in total. The van der Waals surface area contributed by atoms with Crippen molar-refractivity contribution in [2.45, 2.75) is 58.8 Å². The quantitative estimate of drug-likeness (QED) is 0.147. The Morgan fingerprint density at radius 3 is 2.14 bits per heavy atom. The summed E-state index contributed by atoms with van der Waals surface area (Å²) in [5.41, 5.74) is 3.63. The zero-order valence-corrected chi connectivity index (χ0v) is 25.8. The molecule has 5 rings (SSSR count). The fourth-order valence-electron chi connectivity index (χ4n) is 6.77. The SMILES string of the molecule is COC1=C(/C=C2\N(C)c3cccc([N+](=O)[O-])c3C2(C)C)C(=O)/C1=C/C1=[N+](CCC(C)C)c2cccc([N+](=O)[O-])c2C1(C)C. The van der Waals surface area contributed by atoms with Crippen LogP contribution in [0, 0.1) is 26.1 Å². The van der Waals surface area contributed by atoms with Crippen molar-refractivity contribution in [2.24, 2.45) is 5.92 Å². The molecule has 0 unspecified atom stereocenters. The average Bonchev–Trinajstić information content (AvgIpc) is 3.28. The summed E-state index contributed by atoms with van der Waals surface area (Å²) < 4.78 is 7.86. The predicted octanol–water partition coefficient (Wildman–Crippen LogP) is 6.65. The zero-order valence-electron chi connectivity index (χ0n) is 25.8. The summed E-state index contributed by atoms with van der Waals surface area (Å²) in [6.07, 6.45) is 4.44. The van der Waals surface area contributed by atoms with Gasteiger partial charge in [-0.05, 0) is 51.8 Å². The molecule has 0 saturated heterocycles. The monoisotopic (exact) mass is 585 g/mol. The van der Waals surface area contributed by atoms with Crippen molar-refractivity contribution >= 4 is 34.2 Å². The van der Waals surface area contributed by atoms with Gasteiger partial charge in [-0.2, -0.15) is 4.58 Å². The van der Waals surface area contributed by atoms with E-state index in [1.807, 2.05) is 57.9 Å². The van der Waals surface area contributed by atoms with Crippen LogP contribution in [0.25, 0.3) is 0 Å². The minimum Gasteiger partial charge on any atom is -0.495 e. The Hall–Kier alpha value is -4.60. The molecule has 2 aromatic rings. The molecule has 0 amide bonds. The fourth-order valence-corrected chi connectivity index (χ4v) is 6.77. The number of anilines is 1. The van der Waals surface area contributed by atoms with Crippen molar-refractivity contribution in [1.29, 1.82) is 0 Å². The molecule has 2 aliphatic heterocycles.